The first kappa shape index (κ1) is 20.9. The Morgan fingerprint density at radius 3 is 2.31 bits per heavy atom. The third kappa shape index (κ3) is 3.74. The fourth-order valence-corrected chi connectivity index (χ4v) is 3.34. The molecular formula is C17H10Cl2F3N3O4. The minimum absolute atomic E-state index is 0.0269. The number of halogens is 5. The number of hydrogen-bond acceptors (Lipinski definition) is 5. The van der Waals surface area contributed by atoms with Gasteiger partial charge in [0.15, 0.2) is 0 Å². The lowest BCUT2D eigenvalue weighted by Gasteiger charge is -2.28. The second-order valence-electron chi connectivity index (χ2n) is 6.01. The number of primary amides is 1. The average Bonchev–Trinajstić information content (AvgIpc) is 3.07. The van der Waals surface area contributed by atoms with Crippen molar-refractivity contribution in [2.45, 2.75) is 11.8 Å². The van der Waals surface area contributed by atoms with E-state index in [1.165, 1.54) is 12.1 Å². The minimum Gasteiger partial charge on any atom is -0.365 e. The van der Waals surface area contributed by atoms with Crippen LogP contribution in [0.25, 0.3) is 5.70 Å². The minimum atomic E-state index is -4.94. The van der Waals surface area contributed by atoms with E-state index in [4.69, 9.17) is 33.8 Å². The highest BCUT2D eigenvalue weighted by atomic mass is 35.5. The van der Waals surface area contributed by atoms with E-state index >= 15 is 0 Å². The van der Waals surface area contributed by atoms with Gasteiger partial charge in [-0.05, 0) is 30.3 Å². The van der Waals surface area contributed by atoms with Gasteiger partial charge in [-0.25, -0.2) is 0 Å². The third-order valence-electron chi connectivity index (χ3n) is 4.15. The number of nitro groups is 1. The van der Waals surface area contributed by atoms with Crippen molar-refractivity contribution in [2.24, 2.45) is 5.73 Å². The molecule has 0 saturated carbocycles. The number of nitro benzene ring substituents is 1. The molecule has 0 aromatic heterocycles. The quantitative estimate of drug-likeness (QED) is 0.535. The Morgan fingerprint density at radius 1 is 1.17 bits per heavy atom. The van der Waals surface area contributed by atoms with Gasteiger partial charge in [0.1, 0.15) is 5.56 Å². The number of rotatable bonds is 4. The summed E-state index contributed by atoms with van der Waals surface area (Å²) in [6, 6.07) is 6.51. The van der Waals surface area contributed by atoms with Crippen molar-refractivity contribution in [3.63, 3.8) is 0 Å². The summed E-state index contributed by atoms with van der Waals surface area (Å²) >= 11 is 11.7. The molecule has 1 unspecified atom stereocenters. The van der Waals surface area contributed by atoms with Gasteiger partial charge in [0, 0.05) is 27.2 Å². The van der Waals surface area contributed by atoms with Gasteiger partial charge in [0.05, 0.1) is 10.6 Å². The predicted molar refractivity (Wildman–Crippen MR) is 98.0 cm³/mol. The molecule has 3 rings (SSSR count). The molecule has 2 aromatic rings. The molecule has 7 nitrogen and oxygen atoms in total. The van der Waals surface area contributed by atoms with Crippen molar-refractivity contribution >= 4 is 40.5 Å². The number of hydrogen-bond donors (Lipinski definition) is 2. The Kier molecular flexibility index (Phi) is 5.20. The molecule has 1 amide bonds. The third-order valence-corrected chi connectivity index (χ3v) is 4.59. The summed E-state index contributed by atoms with van der Waals surface area (Å²) in [5.74, 6) is -1.05. The van der Waals surface area contributed by atoms with Crippen LogP contribution in [0.5, 0.6) is 0 Å². The summed E-state index contributed by atoms with van der Waals surface area (Å²) in [4.78, 5) is 26.6. The molecular weight excluding hydrogens is 438 g/mol. The first-order valence-corrected chi connectivity index (χ1v) is 8.49. The molecule has 3 N–H and O–H groups in total. The largest absolute Gasteiger partial charge is 0.428 e. The Labute approximate surface area is 170 Å². The molecule has 0 radical (unpaired) electrons. The highest BCUT2D eigenvalue weighted by molar-refractivity contribution is 6.34. The number of alkyl halides is 3. The van der Waals surface area contributed by atoms with Gasteiger partial charge in [-0.2, -0.15) is 13.2 Å². The number of benzene rings is 2. The molecule has 0 spiro atoms. The standard InChI is InChI=1S/C17H10Cl2F3N3O4/c18-10-4-9(5-11(19)6-10)16(17(20,21)22)7-13(24-29-16)8-1-2-12(15(23)26)14(3-8)25(27)28/h1-7,24H,(H2,23,26). The number of nitrogens with one attached hydrogen (secondary N) is 1. The van der Waals surface area contributed by atoms with Crippen LogP contribution < -0.4 is 11.2 Å². The summed E-state index contributed by atoms with van der Waals surface area (Å²) < 4.78 is 41.9. The number of nitrogens with two attached hydrogens (primary N) is 1. The van der Waals surface area contributed by atoms with E-state index in [0.717, 1.165) is 24.3 Å². The number of amides is 1. The summed E-state index contributed by atoms with van der Waals surface area (Å²) in [5.41, 5.74) is 2.60. The molecule has 0 aliphatic carbocycles. The molecule has 1 heterocycles. The van der Waals surface area contributed by atoms with E-state index in [-0.39, 0.29) is 26.9 Å². The zero-order valence-electron chi connectivity index (χ0n) is 14.1. The van der Waals surface area contributed by atoms with Gasteiger partial charge in [-0.3, -0.25) is 25.2 Å². The lowest BCUT2D eigenvalue weighted by atomic mass is 9.91. The van der Waals surface area contributed by atoms with Crippen LogP contribution in [0.1, 0.15) is 21.5 Å². The van der Waals surface area contributed by atoms with Crippen LogP contribution in [0, 0.1) is 10.1 Å². The van der Waals surface area contributed by atoms with Gasteiger partial charge >= 0.3 is 6.18 Å². The second kappa shape index (κ2) is 7.21. The molecule has 29 heavy (non-hydrogen) atoms. The van der Waals surface area contributed by atoms with Crippen LogP contribution in [-0.4, -0.2) is 17.0 Å². The van der Waals surface area contributed by atoms with Crippen LogP contribution >= 0.6 is 23.2 Å². The molecule has 1 aliphatic rings. The highest BCUT2D eigenvalue weighted by Crippen LogP contribution is 2.48. The zero-order chi connectivity index (χ0) is 21.6. The van der Waals surface area contributed by atoms with Crippen LogP contribution in [-0.2, 0) is 10.4 Å². The fourth-order valence-electron chi connectivity index (χ4n) is 2.81. The van der Waals surface area contributed by atoms with Crippen LogP contribution in [0.4, 0.5) is 18.9 Å². The maximum absolute atomic E-state index is 14.0. The van der Waals surface area contributed by atoms with Crippen molar-refractivity contribution in [3.05, 3.63) is 79.3 Å². The van der Waals surface area contributed by atoms with Gasteiger partial charge in [0.2, 0.25) is 5.60 Å². The maximum Gasteiger partial charge on any atom is 0.428 e. The second-order valence-corrected chi connectivity index (χ2v) is 6.88. The summed E-state index contributed by atoms with van der Waals surface area (Å²) in [7, 11) is 0. The van der Waals surface area contributed by atoms with E-state index in [2.05, 4.69) is 5.48 Å². The first-order valence-electron chi connectivity index (χ1n) is 7.73. The Morgan fingerprint density at radius 2 is 1.79 bits per heavy atom. The molecule has 152 valence electrons. The van der Waals surface area contributed by atoms with Crippen molar-refractivity contribution in [3.8, 4) is 0 Å². The van der Waals surface area contributed by atoms with E-state index < -0.39 is 33.9 Å². The number of carbonyl (C=O) groups excluding carboxylic acids is 1. The highest BCUT2D eigenvalue weighted by Gasteiger charge is 2.59. The summed E-state index contributed by atoms with van der Waals surface area (Å²) in [6.45, 7) is 0. The Balaban J connectivity index is 2.16. The average molecular weight is 448 g/mol. The number of hydroxylamine groups is 1. The number of carbonyl (C=O) groups is 1. The summed E-state index contributed by atoms with van der Waals surface area (Å²) in [5, 5.41) is 11.1. The molecule has 12 heteroatoms. The van der Waals surface area contributed by atoms with E-state index in [0.29, 0.717) is 6.08 Å². The number of nitrogens with zero attached hydrogens (tertiary/aromatic N) is 1. The van der Waals surface area contributed by atoms with Crippen molar-refractivity contribution in [1.29, 1.82) is 0 Å². The zero-order valence-corrected chi connectivity index (χ0v) is 15.6. The van der Waals surface area contributed by atoms with Crippen molar-refractivity contribution < 1.29 is 27.7 Å². The topological polar surface area (TPSA) is 107 Å². The Bertz CT molecular complexity index is 1040. The van der Waals surface area contributed by atoms with Crippen molar-refractivity contribution in [2.75, 3.05) is 0 Å². The maximum atomic E-state index is 14.0. The van der Waals surface area contributed by atoms with Crippen LogP contribution in [0.15, 0.2) is 42.5 Å². The molecule has 1 aliphatic heterocycles. The first-order chi connectivity index (χ1) is 13.4. The summed E-state index contributed by atoms with van der Waals surface area (Å²) in [6.07, 6.45) is -4.23. The molecule has 0 bridgehead atoms. The van der Waals surface area contributed by atoms with Crippen LogP contribution in [0.2, 0.25) is 10.0 Å². The molecule has 0 fully saturated rings. The van der Waals surface area contributed by atoms with E-state index in [1.54, 1.807) is 0 Å². The lowest BCUT2D eigenvalue weighted by molar-refractivity contribution is -0.385. The molecule has 0 saturated heterocycles. The lowest BCUT2D eigenvalue weighted by Crippen LogP contribution is -2.42. The molecule has 2 aromatic carbocycles. The molecule has 1 atom stereocenters. The fraction of sp³-hybridized carbons (Fsp3) is 0.118. The van der Waals surface area contributed by atoms with Crippen LogP contribution in [0.3, 0.4) is 0 Å². The normalized spacial score (nSPS) is 18.9. The Hall–Kier alpha value is -2.82. The van der Waals surface area contributed by atoms with Gasteiger partial charge < -0.3 is 5.73 Å². The SMILES string of the molecule is NC(=O)c1ccc(C2=CC(c3cc(Cl)cc(Cl)c3)(C(F)(F)F)ON2)cc1[N+](=O)[O-]. The van der Waals surface area contributed by atoms with E-state index in [1.807, 2.05) is 0 Å². The van der Waals surface area contributed by atoms with Gasteiger partial charge in [0.25, 0.3) is 11.6 Å². The van der Waals surface area contributed by atoms with Crippen molar-refractivity contribution in [1.82, 2.24) is 5.48 Å². The monoisotopic (exact) mass is 447 g/mol. The van der Waals surface area contributed by atoms with E-state index in [9.17, 15) is 28.1 Å². The van der Waals surface area contributed by atoms with Gasteiger partial charge in [-0.1, -0.05) is 29.3 Å². The predicted octanol–water partition coefficient (Wildman–Crippen LogP) is 4.33. The smallest absolute Gasteiger partial charge is 0.365 e. The van der Waals surface area contributed by atoms with Gasteiger partial charge in [-0.15, -0.1) is 0 Å².